The van der Waals surface area contributed by atoms with Gasteiger partial charge in [0.2, 0.25) is 11.8 Å². The summed E-state index contributed by atoms with van der Waals surface area (Å²) in [6.45, 7) is 4.60. The minimum atomic E-state index is -0.402. The lowest BCUT2D eigenvalue weighted by atomic mass is 10.3. The van der Waals surface area contributed by atoms with Crippen molar-refractivity contribution >= 4 is 17.5 Å². The Labute approximate surface area is 118 Å². The van der Waals surface area contributed by atoms with E-state index in [1.54, 1.807) is 30.3 Å². The molecular weight excluding hydrogens is 258 g/mol. The van der Waals surface area contributed by atoms with Gasteiger partial charge in [0, 0.05) is 12.2 Å². The highest BCUT2D eigenvalue weighted by atomic mass is 16.5. The molecular formula is C14H19N3O3. The molecule has 0 aliphatic heterocycles. The fourth-order valence-electron chi connectivity index (χ4n) is 1.40. The number of nitrogens with one attached hydrogen (secondary N) is 2. The summed E-state index contributed by atoms with van der Waals surface area (Å²) in [5.74, 6) is 0.0872. The molecule has 0 radical (unpaired) electrons. The third kappa shape index (κ3) is 6.55. The summed E-state index contributed by atoms with van der Waals surface area (Å²) in [5.41, 5.74) is 5.69. The Kier molecular flexibility index (Phi) is 6.84. The van der Waals surface area contributed by atoms with Crippen LogP contribution in [0.5, 0.6) is 5.75 Å². The minimum absolute atomic E-state index is 0.130. The lowest BCUT2D eigenvalue weighted by Gasteiger charge is -2.08. The van der Waals surface area contributed by atoms with Crippen molar-refractivity contribution < 1.29 is 14.3 Å². The summed E-state index contributed by atoms with van der Waals surface area (Å²) in [5, 5.41) is 5.64. The van der Waals surface area contributed by atoms with E-state index in [1.165, 1.54) is 0 Å². The predicted octanol–water partition coefficient (Wildman–Crippen LogP) is 0.655. The van der Waals surface area contributed by atoms with Crippen LogP contribution in [0, 0.1) is 0 Å². The third-order valence-electron chi connectivity index (χ3n) is 2.33. The lowest BCUT2D eigenvalue weighted by molar-refractivity contribution is -0.118. The van der Waals surface area contributed by atoms with Crippen LogP contribution in [0.4, 0.5) is 5.69 Å². The molecule has 0 unspecified atom stereocenters. The van der Waals surface area contributed by atoms with Crippen molar-refractivity contribution in [3.63, 3.8) is 0 Å². The molecule has 0 fully saturated rings. The van der Waals surface area contributed by atoms with Gasteiger partial charge in [0.1, 0.15) is 5.75 Å². The average Bonchev–Trinajstić information content (AvgIpc) is 2.41. The molecule has 0 saturated carbocycles. The summed E-state index contributed by atoms with van der Waals surface area (Å²) in [7, 11) is 0. The van der Waals surface area contributed by atoms with Gasteiger partial charge in [-0.25, -0.2) is 0 Å². The number of ether oxygens (including phenoxy) is 1. The van der Waals surface area contributed by atoms with Crippen LogP contribution in [0.15, 0.2) is 36.9 Å². The molecule has 6 heteroatoms. The summed E-state index contributed by atoms with van der Waals surface area (Å²) >= 11 is 0. The first kappa shape index (κ1) is 15.7. The van der Waals surface area contributed by atoms with E-state index in [4.69, 9.17) is 10.5 Å². The number of rotatable bonds is 9. The van der Waals surface area contributed by atoms with Crippen LogP contribution in [0.2, 0.25) is 0 Å². The summed E-state index contributed by atoms with van der Waals surface area (Å²) < 4.78 is 5.32. The maximum Gasteiger partial charge on any atom is 0.238 e. The van der Waals surface area contributed by atoms with Crippen molar-refractivity contribution in [2.45, 2.75) is 6.42 Å². The molecule has 108 valence electrons. The number of carbonyl (C=O) groups excluding carboxylic acids is 2. The number of nitrogens with two attached hydrogens (primary N) is 1. The monoisotopic (exact) mass is 277 g/mol. The maximum atomic E-state index is 11.5. The molecule has 0 atom stereocenters. The minimum Gasteiger partial charge on any atom is -0.493 e. The Bertz CT molecular complexity index is 457. The molecule has 0 aliphatic rings. The number of hydrogen-bond acceptors (Lipinski definition) is 4. The van der Waals surface area contributed by atoms with E-state index >= 15 is 0 Å². The largest absolute Gasteiger partial charge is 0.493 e. The second kappa shape index (κ2) is 8.71. The summed E-state index contributed by atoms with van der Waals surface area (Å²) in [6.07, 6.45) is 1.86. The number of amides is 2. The number of anilines is 1. The maximum absolute atomic E-state index is 11.5. The number of primary amides is 1. The van der Waals surface area contributed by atoms with E-state index in [1.807, 2.05) is 0 Å². The molecule has 0 saturated heterocycles. The summed E-state index contributed by atoms with van der Waals surface area (Å²) in [4.78, 5) is 22.1. The van der Waals surface area contributed by atoms with E-state index < -0.39 is 5.91 Å². The van der Waals surface area contributed by atoms with Gasteiger partial charge in [-0.1, -0.05) is 6.08 Å². The van der Waals surface area contributed by atoms with Crippen molar-refractivity contribution in [1.82, 2.24) is 5.32 Å². The normalized spacial score (nSPS) is 9.80. The van der Waals surface area contributed by atoms with E-state index in [0.717, 1.165) is 0 Å². The van der Waals surface area contributed by atoms with Gasteiger partial charge in [-0.15, -0.1) is 6.58 Å². The van der Waals surface area contributed by atoms with Crippen LogP contribution in [-0.2, 0) is 9.59 Å². The van der Waals surface area contributed by atoms with Gasteiger partial charge in [-0.3, -0.25) is 9.59 Å². The Morgan fingerprint density at radius 2 is 2.00 bits per heavy atom. The number of carbonyl (C=O) groups is 2. The highest BCUT2D eigenvalue weighted by Crippen LogP contribution is 2.15. The highest BCUT2D eigenvalue weighted by Gasteiger charge is 2.02. The molecule has 2 amide bonds. The van der Waals surface area contributed by atoms with Crippen molar-refractivity contribution in [3.8, 4) is 5.75 Å². The van der Waals surface area contributed by atoms with Gasteiger partial charge in [0.15, 0.2) is 0 Å². The molecule has 1 aromatic carbocycles. The molecule has 0 bridgehead atoms. The van der Waals surface area contributed by atoms with Crippen LogP contribution in [-0.4, -0.2) is 31.5 Å². The highest BCUT2D eigenvalue weighted by molar-refractivity contribution is 5.92. The second-order valence-electron chi connectivity index (χ2n) is 4.06. The zero-order valence-corrected chi connectivity index (χ0v) is 11.2. The molecule has 6 nitrogen and oxygen atoms in total. The molecule has 1 rings (SSSR count). The standard InChI is InChI=1S/C14H19N3O3/c1-2-8-16-10-14(19)17-11-3-5-12(6-4-11)20-9-7-13(15)18/h2-6,16H,1,7-10H2,(H2,15,18)(H,17,19). The van der Waals surface area contributed by atoms with Crippen LogP contribution < -0.4 is 21.1 Å². The van der Waals surface area contributed by atoms with E-state index in [9.17, 15) is 9.59 Å². The smallest absolute Gasteiger partial charge is 0.238 e. The summed E-state index contributed by atoms with van der Waals surface area (Å²) in [6, 6.07) is 6.89. The molecule has 4 N–H and O–H groups in total. The van der Waals surface area contributed by atoms with Crippen molar-refractivity contribution in [1.29, 1.82) is 0 Å². The van der Waals surface area contributed by atoms with Gasteiger partial charge in [0.05, 0.1) is 19.6 Å². The Balaban J connectivity index is 2.36. The Morgan fingerprint density at radius 3 is 2.60 bits per heavy atom. The van der Waals surface area contributed by atoms with Gasteiger partial charge >= 0.3 is 0 Å². The van der Waals surface area contributed by atoms with E-state index in [2.05, 4.69) is 17.2 Å². The van der Waals surface area contributed by atoms with Crippen LogP contribution in [0.25, 0.3) is 0 Å². The SMILES string of the molecule is C=CCNCC(=O)Nc1ccc(OCCC(N)=O)cc1. The molecule has 0 aliphatic carbocycles. The molecule has 1 aromatic rings. The third-order valence-corrected chi connectivity index (χ3v) is 2.33. The predicted molar refractivity (Wildman–Crippen MR) is 77.4 cm³/mol. The lowest BCUT2D eigenvalue weighted by Crippen LogP contribution is -2.28. The average molecular weight is 277 g/mol. The topological polar surface area (TPSA) is 93.4 Å². The Morgan fingerprint density at radius 1 is 1.30 bits per heavy atom. The number of benzene rings is 1. The van der Waals surface area contributed by atoms with Gasteiger partial charge in [0.25, 0.3) is 0 Å². The van der Waals surface area contributed by atoms with E-state index in [-0.39, 0.29) is 25.5 Å². The van der Waals surface area contributed by atoms with Crippen molar-refractivity contribution in [2.24, 2.45) is 5.73 Å². The molecule has 20 heavy (non-hydrogen) atoms. The fraction of sp³-hybridized carbons (Fsp3) is 0.286. The zero-order chi connectivity index (χ0) is 14.8. The first-order chi connectivity index (χ1) is 9.61. The second-order valence-corrected chi connectivity index (χ2v) is 4.06. The van der Waals surface area contributed by atoms with E-state index in [0.29, 0.717) is 18.0 Å². The van der Waals surface area contributed by atoms with Gasteiger partial charge in [-0.05, 0) is 24.3 Å². The van der Waals surface area contributed by atoms with Crippen LogP contribution in [0.1, 0.15) is 6.42 Å². The van der Waals surface area contributed by atoms with Crippen LogP contribution >= 0.6 is 0 Å². The fourth-order valence-corrected chi connectivity index (χ4v) is 1.40. The van der Waals surface area contributed by atoms with Crippen molar-refractivity contribution in [2.75, 3.05) is 25.0 Å². The zero-order valence-electron chi connectivity index (χ0n) is 11.2. The molecule has 0 spiro atoms. The quantitative estimate of drug-likeness (QED) is 0.456. The van der Waals surface area contributed by atoms with Gasteiger partial charge < -0.3 is 21.1 Å². The van der Waals surface area contributed by atoms with Gasteiger partial charge in [-0.2, -0.15) is 0 Å². The first-order valence-electron chi connectivity index (χ1n) is 6.24. The number of hydrogen-bond donors (Lipinski definition) is 3. The van der Waals surface area contributed by atoms with Crippen molar-refractivity contribution in [3.05, 3.63) is 36.9 Å². The Hall–Kier alpha value is -2.34. The molecule has 0 aromatic heterocycles. The molecule has 0 heterocycles. The first-order valence-corrected chi connectivity index (χ1v) is 6.24. The van der Waals surface area contributed by atoms with Crippen LogP contribution in [0.3, 0.4) is 0 Å².